The number of hydrogen-bond donors (Lipinski definition) is 2. The van der Waals surface area contributed by atoms with Crippen molar-refractivity contribution in [2.45, 2.75) is 38.3 Å². The summed E-state index contributed by atoms with van der Waals surface area (Å²) in [6, 6.07) is 8.27. The topological polar surface area (TPSA) is 62.2 Å². The standard InChI is InChI=1S/C16H18N2O2S/c1-11-3-5-12(6-4-11)14-18-13(10-21-14)9-17-16(15(19)20)7-2-8-16/h3-6,10,17H,2,7-9H2,1H3,(H,19,20). The first-order valence-electron chi connectivity index (χ1n) is 7.09. The number of benzene rings is 1. The van der Waals surface area contributed by atoms with E-state index in [1.165, 1.54) is 5.56 Å². The van der Waals surface area contributed by atoms with Gasteiger partial charge in [0.05, 0.1) is 5.69 Å². The molecule has 0 spiro atoms. The van der Waals surface area contributed by atoms with Gasteiger partial charge in [0.1, 0.15) is 10.5 Å². The summed E-state index contributed by atoms with van der Waals surface area (Å²) in [5.74, 6) is -0.747. The van der Waals surface area contributed by atoms with Gasteiger partial charge in [-0.05, 0) is 26.2 Å². The van der Waals surface area contributed by atoms with Crippen LogP contribution in [0.1, 0.15) is 30.5 Å². The number of rotatable bonds is 5. The SMILES string of the molecule is Cc1ccc(-c2nc(CNC3(C(=O)O)CCC3)cs2)cc1. The van der Waals surface area contributed by atoms with Gasteiger partial charge in [0.2, 0.25) is 0 Å². The number of aliphatic carboxylic acids is 1. The van der Waals surface area contributed by atoms with E-state index in [-0.39, 0.29) is 0 Å². The molecule has 2 N–H and O–H groups in total. The number of carboxylic acids is 1. The molecule has 1 aliphatic rings. The minimum absolute atomic E-state index is 0.509. The van der Waals surface area contributed by atoms with E-state index in [1.54, 1.807) is 11.3 Å². The second-order valence-electron chi connectivity index (χ2n) is 5.60. The maximum Gasteiger partial charge on any atom is 0.323 e. The fourth-order valence-corrected chi connectivity index (χ4v) is 3.30. The molecular formula is C16H18N2O2S. The Kier molecular flexibility index (Phi) is 3.78. The van der Waals surface area contributed by atoms with Gasteiger partial charge in [-0.15, -0.1) is 11.3 Å². The molecule has 1 aromatic heterocycles. The lowest BCUT2D eigenvalue weighted by molar-refractivity contribution is -0.148. The molecule has 1 aliphatic carbocycles. The van der Waals surface area contributed by atoms with Crippen LogP contribution >= 0.6 is 11.3 Å². The molecule has 3 rings (SSSR count). The Morgan fingerprint density at radius 1 is 1.38 bits per heavy atom. The van der Waals surface area contributed by atoms with E-state index in [1.807, 2.05) is 5.38 Å². The third-order valence-electron chi connectivity index (χ3n) is 4.07. The van der Waals surface area contributed by atoms with E-state index >= 15 is 0 Å². The molecule has 0 atom stereocenters. The molecular weight excluding hydrogens is 284 g/mol. The zero-order valence-electron chi connectivity index (χ0n) is 11.9. The van der Waals surface area contributed by atoms with E-state index in [0.717, 1.165) is 22.7 Å². The Morgan fingerprint density at radius 2 is 2.10 bits per heavy atom. The maximum absolute atomic E-state index is 11.3. The van der Waals surface area contributed by atoms with Crippen LogP contribution in [-0.4, -0.2) is 21.6 Å². The molecule has 0 bridgehead atoms. The number of hydrogen-bond acceptors (Lipinski definition) is 4. The van der Waals surface area contributed by atoms with Gasteiger partial charge >= 0.3 is 5.97 Å². The molecule has 21 heavy (non-hydrogen) atoms. The van der Waals surface area contributed by atoms with Gasteiger partial charge in [0.25, 0.3) is 0 Å². The molecule has 0 aliphatic heterocycles. The summed E-state index contributed by atoms with van der Waals surface area (Å²) in [7, 11) is 0. The van der Waals surface area contributed by atoms with Gasteiger partial charge in [-0.2, -0.15) is 0 Å². The highest BCUT2D eigenvalue weighted by atomic mass is 32.1. The van der Waals surface area contributed by atoms with Crippen molar-refractivity contribution in [3.8, 4) is 10.6 Å². The first kappa shape index (κ1) is 14.2. The second kappa shape index (κ2) is 5.58. The van der Waals surface area contributed by atoms with E-state index in [9.17, 15) is 9.90 Å². The molecule has 0 amide bonds. The quantitative estimate of drug-likeness (QED) is 0.890. The summed E-state index contributed by atoms with van der Waals surface area (Å²) in [5, 5.41) is 15.4. The van der Waals surface area contributed by atoms with Crippen molar-refractivity contribution in [3.63, 3.8) is 0 Å². The first-order valence-corrected chi connectivity index (χ1v) is 7.97. The molecule has 0 unspecified atom stereocenters. The van der Waals surface area contributed by atoms with Crippen LogP contribution in [0.3, 0.4) is 0 Å². The zero-order chi connectivity index (χ0) is 14.9. The fraction of sp³-hybridized carbons (Fsp3) is 0.375. The molecule has 110 valence electrons. The van der Waals surface area contributed by atoms with Crippen molar-refractivity contribution in [1.29, 1.82) is 0 Å². The highest BCUT2D eigenvalue weighted by Crippen LogP contribution is 2.32. The van der Waals surface area contributed by atoms with Crippen LogP contribution in [-0.2, 0) is 11.3 Å². The van der Waals surface area contributed by atoms with Crippen molar-refractivity contribution >= 4 is 17.3 Å². The van der Waals surface area contributed by atoms with Crippen molar-refractivity contribution in [2.75, 3.05) is 0 Å². The summed E-state index contributed by atoms with van der Waals surface area (Å²) in [6.45, 7) is 2.57. The van der Waals surface area contributed by atoms with Crippen molar-refractivity contribution in [1.82, 2.24) is 10.3 Å². The maximum atomic E-state index is 11.3. The van der Waals surface area contributed by atoms with Gasteiger partial charge in [0, 0.05) is 17.5 Å². The van der Waals surface area contributed by atoms with Gasteiger partial charge in [0.15, 0.2) is 0 Å². The molecule has 0 saturated heterocycles. The van der Waals surface area contributed by atoms with Crippen LogP contribution in [0.25, 0.3) is 10.6 Å². The molecule has 2 aromatic rings. The summed E-state index contributed by atoms with van der Waals surface area (Å²) >= 11 is 1.59. The smallest absolute Gasteiger partial charge is 0.323 e. The summed E-state index contributed by atoms with van der Waals surface area (Å²) in [4.78, 5) is 15.9. The van der Waals surface area contributed by atoms with Crippen molar-refractivity contribution in [2.24, 2.45) is 0 Å². The average molecular weight is 302 g/mol. The molecule has 1 saturated carbocycles. The van der Waals surface area contributed by atoms with Crippen LogP contribution in [0.4, 0.5) is 0 Å². The lowest BCUT2D eigenvalue weighted by atomic mass is 9.77. The lowest BCUT2D eigenvalue weighted by Crippen LogP contribution is -2.56. The van der Waals surface area contributed by atoms with Crippen LogP contribution in [0.15, 0.2) is 29.6 Å². The number of thiazole rings is 1. The average Bonchev–Trinajstić information content (AvgIpc) is 2.87. The highest BCUT2D eigenvalue weighted by molar-refractivity contribution is 7.13. The Labute approximate surface area is 127 Å². The fourth-order valence-electron chi connectivity index (χ4n) is 2.47. The van der Waals surface area contributed by atoms with E-state index in [0.29, 0.717) is 19.4 Å². The predicted molar refractivity (Wildman–Crippen MR) is 83.3 cm³/mol. The Bertz CT molecular complexity index is 645. The summed E-state index contributed by atoms with van der Waals surface area (Å²) in [6.07, 6.45) is 2.39. The number of carboxylic acid groups (broad SMARTS) is 1. The number of nitrogens with zero attached hydrogens (tertiary/aromatic N) is 1. The third-order valence-corrected chi connectivity index (χ3v) is 5.01. The largest absolute Gasteiger partial charge is 0.480 e. The Hall–Kier alpha value is -1.72. The molecule has 1 aromatic carbocycles. The third kappa shape index (κ3) is 2.84. The van der Waals surface area contributed by atoms with Gasteiger partial charge in [-0.1, -0.05) is 29.8 Å². The summed E-state index contributed by atoms with van der Waals surface area (Å²) in [5.41, 5.74) is 2.51. The molecule has 4 nitrogen and oxygen atoms in total. The second-order valence-corrected chi connectivity index (χ2v) is 6.46. The predicted octanol–water partition coefficient (Wildman–Crippen LogP) is 3.22. The van der Waals surface area contributed by atoms with Crippen LogP contribution in [0.5, 0.6) is 0 Å². The summed E-state index contributed by atoms with van der Waals surface area (Å²) < 4.78 is 0. The number of carbonyl (C=O) groups is 1. The lowest BCUT2D eigenvalue weighted by Gasteiger charge is -2.38. The van der Waals surface area contributed by atoms with Crippen LogP contribution < -0.4 is 5.32 Å². The molecule has 1 fully saturated rings. The van der Waals surface area contributed by atoms with E-state index < -0.39 is 11.5 Å². The minimum Gasteiger partial charge on any atom is -0.480 e. The number of aryl methyl sites for hydroxylation is 1. The Morgan fingerprint density at radius 3 is 2.67 bits per heavy atom. The van der Waals surface area contributed by atoms with Crippen LogP contribution in [0, 0.1) is 6.92 Å². The first-order chi connectivity index (χ1) is 10.1. The van der Waals surface area contributed by atoms with Crippen molar-refractivity contribution < 1.29 is 9.90 Å². The monoisotopic (exact) mass is 302 g/mol. The van der Waals surface area contributed by atoms with Gasteiger partial charge < -0.3 is 5.11 Å². The van der Waals surface area contributed by atoms with Crippen LogP contribution in [0.2, 0.25) is 0 Å². The van der Waals surface area contributed by atoms with Gasteiger partial charge in [-0.25, -0.2) is 4.98 Å². The van der Waals surface area contributed by atoms with E-state index in [2.05, 4.69) is 41.5 Å². The number of aromatic nitrogens is 1. The zero-order valence-corrected chi connectivity index (χ0v) is 12.7. The molecule has 0 radical (unpaired) electrons. The normalized spacial score (nSPS) is 16.4. The molecule has 1 heterocycles. The van der Waals surface area contributed by atoms with Gasteiger partial charge in [-0.3, -0.25) is 10.1 Å². The number of nitrogens with one attached hydrogen (secondary N) is 1. The van der Waals surface area contributed by atoms with E-state index in [4.69, 9.17) is 0 Å². The van der Waals surface area contributed by atoms with Crippen molar-refractivity contribution in [3.05, 3.63) is 40.9 Å². The molecule has 5 heteroatoms. The Balaban J connectivity index is 1.68. The highest BCUT2D eigenvalue weighted by Gasteiger charge is 2.43. The minimum atomic E-state index is -0.747.